The molecule has 0 saturated carbocycles. The zero-order chi connectivity index (χ0) is 13.8. The van der Waals surface area contributed by atoms with E-state index in [2.05, 4.69) is 37.9 Å². The van der Waals surface area contributed by atoms with Gasteiger partial charge in [-0.2, -0.15) is 0 Å². The van der Waals surface area contributed by atoms with Gasteiger partial charge in [0.15, 0.2) is 5.13 Å². The van der Waals surface area contributed by atoms with Crippen LogP contribution in [-0.2, 0) is 13.0 Å². The lowest BCUT2D eigenvalue weighted by Crippen LogP contribution is -2.40. The lowest BCUT2D eigenvalue weighted by atomic mass is 9.94. The third-order valence-electron chi connectivity index (χ3n) is 4.02. The normalized spacial score (nSPS) is 23.9. The van der Waals surface area contributed by atoms with E-state index in [0.29, 0.717) is 6.04 Å². The predicted molar refractivity (Wildman–Crippen MR) is 84.1 cm³/mol. The van der Waals surface area contributed by atoms with Crippen molar-refractivity contribution in [2.45, 2.75) is 59.5 Å². The Bertz CT molecular complexity index is 402. The minimum Gasteiger partial charge on any atom is -0.345 e. The molecule has 2 rings (SSSR count). The number of hydrogen-bond donors (Lipinski definition) is 1. The number of piperidine rings is 1. The van der Waals surface area contributed by atoms with Crippen LogP contribution < -0.4 is 10.2 Å². The largest absolute Gasteiger partial charge is 0.345 e. The molecule has 108 valence electrons. The smallest absolute Gasteiger partial charge is 0.186 e. The zero-order valence-electron chi connectivity index (χ0n) is 12.7. The van der Waals surface area contributed by atoms with Gasteiger partial charge in [0.2, 0.25) is 0 Å². The van der Waals surface area contributed by atoms with Crippen LogP contribution >= 0.6 is 11.3 Å². The maximum absolute atomic E-state index is 4.89. The first kappa shape index (κ1) is 14.8. The zero-order valence-corrected chi connectivity index (χ0v) is 13.5. The fourth-order valence-corrected chi connectivity index (χ4v) is 4.08. The summed E-state index contributed by atoms with van der Waals surface area (Å²) in [6.45, 7) is 12.2. The summed E-state index contributed by atoms with van der Waals surface area (Å²) in [7, 11) is 0. The van der Waals surface area contributed by atoms with Gasteiger partial charge in [-0.25, -0.2) is 4.98 Å². The van der Waals surface area contributed by atoms with Crippen LogP contribution in [0.4, 0.5) is 5.13 Å². The Morgan fingerprint density at radius 2 is 2.16 bits per heavy atom. The van der Waals surface area contributed by atoms with Crippen molar-refractivity contribution in [3.63, 3.8) is 0 Å². The summed E-state index contributed by atoms with van der Waals surface area (Å²) in [5.74, 6) is 0.859. The standard InChI is InChI=1S/C15H27N3S/c1-5-13-14(10-16-6-2)19-15(17-13)18-8-7-11(3)9-12(18)4/h11-12,16H,5-10H2,1-4H3. The van der Waals surface area contributed by atoms with E-state index in [-0.39, 0.29) is 0 Å². The molecule has 1 fully saturated rings. The van der Waals surface area contributed by atoms with Crippen LogP contribution in [0, 0.1) is 5.92 Å². The molecule has 1 aromatic rings. The maximum atomic E-state index is 4.89. The second-order valence-electron chi connectivity index (χ2n) is 5.67. The number of aromatic nitrogens is 1. The molecule has 0 spiro atoms. The van der Waals surface area contributed by atoms with E-state index < -0.39 is 0 Å². The Morgan fingerprint density at radius 3 is 2.79 bits per heavy atom. The molecule has 1 aliphatic heterocycles. The molecular weight excluding hydrogens is 254 g/mol. The second kappa shape index (κ2) is 6.71. The van der Waals surface area contributed by atoms with Gasteiger partial charge < -0.3 is 10.2 Å². The lowest BCUT2D eigenvalue weighted by molar-refractivity contribution is 0.377. The van der Waals surface area contributed by atoms with Crippen LogP contribution in [0.3, 0.4) is 0 Å². The van der Waals surface area contributed by atoms with Gasteiger partial charge in [0.25, 0.3) is 0 Å². The van der Waals surface area contributed by atoms with E-state index in [0.717, 1.165) is 25.4 Å². The number of aryl methyl sites for hydroxylation is 1. The van der Waals surface area contributed by atoms with Gasteiger partial charge in [0.05, 0.1) is 5.69 Å². The Kier molecular flexibility index (Phi) is 5.22. The number of nitrogens with one attached hydrogen (secondary N) is 1. The Balaban J connectivity index is 2.13. The molecule has 1 aliphatic rings. The minimum absolute atomic E-state index is 0.631. The summed E-state index contributed by atoms with van der Waals surface area (Å²) in [4.78, 5) is 8.82. The van der Waals surface area contributed by atoms with Crippen molar-refractivity contribution in [2.24, 2.45) is 5.92 Å². The molecule has 1 N–H and O–H groups in total. The quantitative estimate of drug-likeness (QED) is 0.896. The molecule has 0 radical (unpaired) electrons. The van der Waals surface area contributed by atoms with E-state index in [1.807, 2.05) is 11.3 Å². The van der Waals surface area contributed by atoms with Gasteiger partial charge in [0.1, 0.15) is 0 Å². The first-order chi connectivity index (χ1) is 9.15. The maximum Gasteiger partial charge on any atom is 0.186 e. The third kappa shape index (κ3) is 3.48. The fraction of sp³-hybridized carbons (Fsp3) is 0.800. The second-order valence-corrected chi connectivity index (χ2v) is 6.73. The van der Waals surface area contributed by atoms with Crippen LogP contribution in [0.15, 0.2) is 0 Å². The summed E-state index contributed by atoms with van der Waals surface area (Å²) in [6.07, 6.45) is 3.63. The minimum atomic E-state index is 0.631. The molecule has 2 atom stereocenters. The van der Waals surface area contributed by atoms with Crippen LogP contribution in [0.25, 0.3) is 0 Å². The topological polar surface area (TPSA) is 28.2 Å². The summed E-state index contributed by atoms with van der Waals surface area (Å²) in [5, 5.41) is 4.67. The summed E-state index contributed by atoms with van der Waals surface area (Å²) >= 11 is 1.89. The first-order valence-corrected chi connectivity index (χ1v) is 8.43. The van der Waals surface area contributed by atoms with Gasteiger partial charge in [-0.1, -0.05) is 20.8 Å². The molecule has 2 heterocycles. The molecule has 1 saturated heterocycles. The van der Waals surface area contributed by atoms with Gasteiger partial charge in [-0.15, -0.1) is 11.3 Å². The Labute approximate surface area is 121 Å². The molecule has 0 bridgehead atoms. The highest BCUT2D eigenvalue weighted by Gasteiger charge is 2.25. The van der Waals surface area contributed by atoms with Gasteiger partial charge in [-0.05, 0) is 38.6 Å². The average molecular weight is 281 g/mol. The summed E-state index contributed by atoms with van der Waals surface area (Å²) in [5.41, 5.74) is 1.28. The molecule has 0 aliphatic carbocycles. The fourth-order valence-electron chi connectivity index (χ4n) is 2.84. The molecule has 0 amide bonds. The van der Waals surface area contributed by atoms with E-state index >= 15 is 0 Å². The van der Waals surface area contributed by atoms with Crippen molar-refractivity contribution in [2.75, 3.05) is 18.0 Å². The number of hydrogen-bond acceptors (Lipinski definition) is 4. The molecule has 2 unspecified atom stereocenters. The third-order valence-corrected chi connectivity index (χ3v) is 5.16. The number of nitrogens with zero attached hydrogens (tertiary/aromatic N) is 2. The summed E-state index contributed by atoms with van der Waals surface area (Å²) < 4.78 is 0. The molecule has 19 heavy (non-hydrogen) atoms. The Morgan fingerprint density at radius 1 is 1.37 bits per heavy atom. The highest BCUT2D eigenvalue weighted by Crippen LogP contribution is 2.32. The van der Waals surface area contributed by atoms with Crippen molar-refractivity contribution < 1.29 is 0 Å². The van der Waals surface area contributed by atoms with Crippen molar-refractivity contribution in [3.05, 3.63) is 10.6 Å². The van der Waals surface area contributed by atoms with E-state index in [9.17, 15) is 0 Å². The molecular formula is C15H27N3S. The van der Waals surface area contributed by atoms with Gasteiger partial charge >= 0.3 is 0 Å². The molecule has 4 heteroatoms. The van der Waals surface area contributed by atoms with Crippen molar-refractivity contribution in [1.29, 1.82) is 0 Å². The number of thiazole rings is 1. The van der Waals surface area contributed by atoms with Crippen LogP contribution in [0.1, 0.15) is 51.1 Å². The Hall–Kier alpha value is -0.610. The SMILES string of the molecule is CCNCc1sc(N2CCC(C)CC2C)nc1CC. The van der Waals surface area contributed by atoms with E-state index in [1.165, 1.54) is 35.1 Å². The molecule has 3 nitrogen and oxygen atoms in total. The van der Waals surface area contributed by atoms with Gasteiger partial charge in [0, 0.05) is 24.0 Å². The average Bonchev–Trinajstić information content (AvgIpc) is 2.79. The van der Waals surface area contributed by atoms with E-state index in [4.69, 9.17) is 4.98 Å². The highest BCUT2D eigenvalue weighted by molar-refractivity contribution is 7.15. The van der Waals surface area contributed by atoms with Crippen LogP contribution in [-0.4, -0.2) is 24.1 Å². The van der Waals surface area contributed by atoms with E-state index in [1.54, 1.807) is 0 Å². The van der Waals surface area contributed by atoms with Crippen molar-refractivity contribution in [1.82, 2.24) is 10.3 Å². The monoisotopic (exact) mass is 281 g/mol. The molecule has 1 aromatic heterocycles. The lowest BCUT2D eigenvalue weighted by Gasteiger charge is -2.36. The highest BCUT2D eigenvalue weighted by atomic mass is 32.1. The van der Waals surface area contributed by atoms with Crippen LogP contribution in [0.2, 0.25) is 0 Å². The number of rotatable bonds is 5. The first-order valence-electron chi connectivity index (χ1n) is 7.61. The van der Waals surface area contributed by atoms with Gasteiger partial charge in [-0.3, -0.25) is 0 Å². The predicted octanol–water partition coefficient (Wildman–Crippen LogP) is 3.44. The molecule has 0 aromatic carbocycles. The van der Waals surface area contributed by atoms with Crippen LogP contribution in [0.5, 0.6) is 0 Å². The van der Waals surface area contributed by atoms with Crippen molar-refractivity contribution in [3.8, 4) is 0 Å². The van der Waals surface area contributed by atoms with Crippen molar-refractivity contribution >= 4 is 16.5 Å². The summed E-state index contributed by atoms with van der Waals surface area (Å²) in [6, 6.07) is 0.631. The number of anilines is 1.